The van der Waals surface area contributed by atoms with Gasteiger partial charge in [0.25, 0.3) is 5.91 Å². The van der Waals surface area contributed by atoms with E-state index in [1.807, 2.05) is 18.2 Å². The van der Waals surface area contributed by atoms with Crippen LogP contribution in [-0.2, 0) is 16.1 Å². The minimum atomic E-state index is -0.239. The van der Waals surface area contributed by atoms with Gasteiger partial charge in [0.2, 0.25) is 5.91 Å². The molecule has 0 heterocycles. The zero-order chi connectivity index (χ0) is 14.1. The molecule has 1 aromatic rings. The third-order valence-electron chi connectivity index (χ3n) is 2.37. The van der Waals surface area contributed by atoms with Gasteiger partial charge >= 0.3 is 0 Å². The summed E-state index contributed by atoms with van der Waals surface area (Å²) in [7, 11) is 0. The van der Waals surface area contributed by atoms with Crippen LogP contribution in [0.2, 0.25) is 0 Å². The Morgan fingerprint density at radius 2 is 1.89 bits per heavy atom. The van der Waals surface area contributed by atoms with Crippen molar-refractivity contribution in [1.82, 2.24) is 10.6 Å². The molecule has 0 saturated carbocycles. The van der Waals surface area contributed by atoms with Crippen LogP contribution in [0.1, 0.15) is 12.5 Å². The van der Waals surface area contributed by atoms with Gasteiger partial charge in [0, 0.05) is 32.1 Å². The highest BCUT2D eigenvalue weighted by molar-refractivity contribution is 5.77. The van der Waals surface area contributed by atoms with Crippen molar-refractivity contribution in [2.75, 3.05) is 19.7 Å². The first-order valence-corrected chi connectivity index (χ1v) is 6.05. The smallest absolute Gasteiger partial charge is 0.258 e. The lowest BCUT2D eigenvalue weighted by Gasteiger charge is -2.10. The lowest BCUT2D eigenvalue weighted by Crippen LogP contribution is -2.36. The standard InChI is InChI=1S/C13H19N3O3/c1-10(17)15-6-7-16-13(18)9-19-12-5-3-2-4-11(12)8-14/h2-5H,6-9,14H2,1H3,(H,15,17)(H,16,18). The SMILES string of the molecule is CC(=O)NCCNC(=O)COc1ccccc1CN. The molecule has 19 heavy (non-hydrogen) atoms. The number of carbonyl (C=O) groups excluding carboxylic acids is 2. The van der Waals surface area contributed by atoms with Crippen LogP contribution in [-0.4, -0.2) is 31.5 Å². The predicted molar refractivity (Wildman–Crippen MR) is 71.5 cm³/mol. The van der Waals surface area contributed by atoms with Gasteiger partial charge in [-0.3, -0.25) is 9.59 Å². The van der Waals surface area contributed by atoms with Crippen LogP contribution < -0.4 is 21.1 Å². The highest BCUT2D eigenvalue weighted by Crippen LogP contribution is 2.16. The molecule has 0 aliphatic heterocycles. The van der Waals surface area contributed by atoms with E-state index in [1.165, 1.54) is 6.92 Å². The monoisotopic (exact) mass is 265 g/mol. The van der Waals surface area contributed by atoms with Crippen LogP contribution in [0.25, 0.3) is 0 Å². The molecular formula is C13H19N3O3. The normalized spacial score (nSPS) is 9.79. The maximum Gasteiger partial charge on any atom is 0.258 e. The second-order valence-corrected chi connectivity index (χ2v) is 3.93. The summed E-state index contributed by atoms with van der Waals surface area (Å²) in [5.74, 6) is 0.251. The number of carbonyl (C=O) groups is 2. The van der Waals surface area contributed by atoms with E-state index in [0.29, 0.717) is 25.4 Å². The summed E-state index contributed by atoms with van der Waals surface area (Å²) in [5.41, 5.74) is 6.42. The molecule has 0 radical (unpaired) electrons. The van der Waals surface area contributed by atoms with Gasteiger partial charge in [-0.15, -0.1) is 0 Å². The van der Waals surface area contributed by atoms with E-state index < -0.39 is 0 Å². The van der Waals surface area contributed by atoms with Crippen LogP contribution in [0.3, 0.4) is 0 Å². The fraction of sp³-hybridized carbons (Fsp3) is 0.385. The molecule has 6 nitrogen and oxygen atoms in total. The summed E-state index contributed by atoms with van der Waals surface area (Å²) in [6.07, 6.45) is 0. The number of nitrogens with one attached hydrogen (secondary N) is 2. The molecule has 0 aliphatic rings. The van der Waals surface area contributed by atoms with E-state index in [9.17, 15) is 9.59 Å². The Labute approximate surface area is 112 Å². The van der Waals surface area contributed by atoms with Crippen molar-refractivity contribution in [2.24, 2.45) is 5.73 Å². The third-order valence-corrected chi connectivity index (χ3v) is 2.37. The molecule has 1 rings (SSSR count). The summed E-state index contributed by atoms with van der Waals surface area (Å²) >= 11 is 0. The molecule has 0 spiro atoms. The number of benzene rings is 1. The van der Waals surface area contributed by atoms with E-state index in [-0.39, 0.29) is 18.4 Å². The van der Waals surface area contributed by atoms with Gasteiger partial charge in [0.05, 0.1) is 0 Å². The van der Waals surface area contributed by atoms with E-state index in [0.717, 1.165) is 5.56 Å². The van der Waals surface area contributed by atoms with Crippen molar-refractivity contribution in [3.63, 3.8) is 0 Å². The van der Waals surface area contributed by atoms with E-state index in [4.69, 9.17) is 10.5 Å². The van der Waals surface area contributed by atoms with Gasteiger partial charge in [-0.2, -0.15) is 0 Å². The van der Waals surface area contributed by atoms with Gasteiger partial charge in [0.1, 0.15) is 5.75 Å². The number of nitrogens with two attached hydrogens (primary N) is 1. The first kappa shape index (κ1) is 15.0. The van der Waals surface area contributed by atoms with Crippen molar-refractivity contribution in [3.8, 4) is 5.75 Å². The molecule has 0 bridgehead atoms. The van der Waals surface area contributed by atoms with Gasteiger partial charge < -0.3 is 21.1 Å². The molecule has 104 valence electrons. The van der Waals surface area contributed by atoms with E-state index >= 15 is 0 Å². The zero-order valence-electron chi connectivity index (χ0n) is 10.9. The maximum atomic E-state index is 11.5. The number of hydrogen-bond acceptors (Lipinski definition) is 4. The van der Waals surface area contributed by atoms with Gasteiger partial charge in [-0.1, -0.05) is 18.2 Å². The number of rotatable bonds is 7. The van der Waals surface area contributed by atoms with Crippen LogP contribution in [0.4, 0.5) is 0 Å². The summed E-state index contributed by atoms with van der Waals surface area (Å²) in [5, 5.41) is 5.22. The second kappa shape index (κ2) is 8.10. The van der Waals surface area contributed by atoms with Gasteiger partial charge in [0.15, 0.2) is 6.61 Å². The van der Waals surface area contributed by atoms with E-state index in [1.54, 1.807) is 6.07 Å². The zero-order valence-corrected chi connectivity index (χ0v) is 10.9. The van der Waals surface area contributed by atoms with Crippen LogP contribution >= 0.6 is 0 Å². The van der Waals surface area contributed by atoms with Crippen LogP contribution in [0, 0.1) is 0 Å². The van der Waals surface area contributed by atoms with Crippen molar-refractivity contribution < 1.29 is 14.3 Å². The number of amides is 2. The summed E-state index contributed by atoms with van der Waals surface area (Å²) in [6.45, 7) is 2.49. The quantitative estimate of drug-likeness (QED) is 0.594. The molecule has 0 atom stereocenters. The Bertz CT molecular complexity index is 435. The summed E-state index contributed by atoms with van der Waals surface area (Å²) in [6, 6.07) is 7.31. The molecule has 0 aromatic heterocycles. The van der Waals surface area contributed by atoms with Crippen LogP contribution in [0.5, 0.6) is 5.75 Å². The summed E-state index contributed by atoms with van der Waals surface area (Å²) in [4.78, 5) is 22.1. The second-order valence-electron chi connectivity index (χ2n) is 3.93. The predicted octanol–water partition coefficient (Wildman–Crippen LogP) is -0.224. The largest absolute Gasteiger partial charge is 0.483 e. The molecule has 2 amide bonds. The molecular weight excluding hydrogens is 246 g/mol. The van der Waals surface area contributed by atoms with Gasteiger partial charge in [-0.25, -0.2) is 0 Å². The molecule has 0 aliphatic carbocycles. The van der Waals surface area contributed by atoms with Crippen molar-refractivity contribution >= 4 is 11.8 Å². The van der Waals surface area contributed by atoms with Crippen molar-refractivity contribution in [3.05, 3.63) is 29.8 Å². The Morgan fingerprint density at radius 3 is 2.58 bits per heavy atom. The maximum absolute atomic E-state index is 11.5. The average molecular weight is 265 g/mol. The van der Waals surface area contributed by atoms with Crippen molar-refractivity contribution in [2.45, 2.75) is 13.5 Å². The topological polar surface area (TPSA) is 93.5 Å². The average Bonchev–Trinajstić information content (AvgIpc) is 2.41. The highest BCUT2D eigenvalue weighted by Gasteiger charge is 2.05. The Morgan fingerprint density at radius 1 is 1.21 bits per heavy atom. The minimum Gasteiger partial charge on any atom is -0.483 e. The molecule has 4 N–H and O–H groups in total. The number of ether oxygens (including phenoxy) is 1. The fourth-order valence-corrected chi connectivity index (χ4v) is 1.45. The Hall–Kier alpha value is -2.08. The lowest BCUT2D eigenvalue weighted by atomic mass is 10.2. The van der Waals surface area contributed by atoms with Crippen molar-refractivity contribution in [1.29, 1.82) is 0 Å². The first-order valence-electron chi connectivity index (χ1n) is 6.05. The molecule has 0 saturated heterocycles. The first-order chi connectivity index (χ1) is 9.13. The Balaban J connectivity index is 2.28. The van der Waals surface area contributed by atoms with E-state index in [2.05, 4.69) is 10.6 Å². The van der Waals surface area contributed by atoms with Crippen LogP contribution in [0.15, 0.2) is 24.3 Å². The summed E-state index contributed by atoms with van der Waals surface area (Å²) < 4.78 is 5.39. The lowest BCUT2D eigenvalue weighted by molar-refractivity contribution is -0.123. The minimum absolute atomic E-state index is 0.0723. The fourth-order valence-electron chi connectivity index (χ4n) is 1.45. The molecule has 6 heteroatoms. The number of para-hydroxylation sites is 1. The highest BCUT2D eigenvalue weighted by atomic mass is 16.5. The Kier molecular flexibility index (Phi) is 6.38. The molecule has 0 fully saturated rings. The third kappa shape index (κ3) is 5.87. The molecule has 0 unspecified atom stereocenters. The number of hydrogen-bond donors (Lipinski definition) is 3. The molecule has 1 aromatic carbocycles. The van der Waals surface area contributed by atoms with Gasteiger partial charge in [-0.05, 0) is 6.07 Å².